The summed E-state index contributed by atoms with van der Waals surface area (Å²) in [4.78, 5) is 4.15. The van der Waals surface area contributed by atoms with Crippen molar-refractivity contribution in [1.29, 1.82) is 0 Å². The molecule has 2 N–H and O–H groups in total. The van der Waals surface area contributed by atoms with Crippen LogP contribution in [0.4, 0.5) is 0 Å². The topological polar surface area (TPSA) is 92.8 Å². The fraction of sp³-hybridized carbons (Fsp3) is 0.174. The molecule has 5 rings (SSSR count). The highest BCUT2D eigenvalue weighted by atomic mass is 16.5. The van der Waals surface area contributed by atoms with Gasteiger partial charge in [0.15, 0.2) is 0 Å². The molecule has 1 aromatic carbocycles. The van der Waals surface area contributed by atoms with Gasteiger partial charge in [0, 0.05) is 40.7 Å². The second kappa shape index (κ2) is 6.59. The van der Waals surface area contributed by atoms with Gasteiger partial charge >= 0.3 is 0 Å². The third-order valence-corrected chi connectivity index (χ3v) is 5.19. The maximum atomic E-state index is 11.2. The molecule has 150 valence electrons. The quantitative estimate of drug-likeness (QED) is 0.442. The minimum absolute atomic E-state index is 0.119. The number of aromatic nitrogens is 5. The Morgan fingerprint density at radius 3 is 2.33 bits per heavy atom. The fourth-order valence-electron chi connectivity index (χ4n) is 3.78. The number of aromatic hydroxyl groups is 1. The Morgan fingerprint density at radius 2 is 1.70 bits per heavy atom. The van der Waals surface area contributed by atoms with Crippen molar-refractivity contribution in [3.8, 4) is 34.1 Å². The molecule has 0 radical (unpaired) electrons. The van der Waals surface area contributed by atoms with Gasteiger partial charge in [0.1, 0.15) is 17.5 Å². The summed E-state index contributed by atoms with van der Waals surface area (Å²) in [7, 11) is 0. The molecule has 5 aromatic rings. The Morgan fingerprint density at radius 1 is 0.967 bits per heavy atom. The molecule has 4 aromatic heterocycles. The molecule has 0 spiro atoms. The standard InChI is InChI=1S/C23H21N5O2/c1-23(2,3)21-18-19(25-26-21)22(29)28(20(18)15-8-11-24-12-9-15)16-6-4-14(5-7-16)17-10-13-30-27-17/h4-13,25,29H,1-3H3. The van der Waals surface area contributed by atoms with Crippen LogP contribution in [0.25, 0.3) is 39.1 Å². The monoisotopic (exact) mass is 399 g/mol. The SMILES string of the molecule is CC(C)(C)c1n[nH]c2c(O)n(-c3ccc(-c4ccon4)cc3)c(-c3ccncc3)c12. The van der Waals surface area contributed by atoms with Gasteiger partial charge in [-0.2, -0.15) is 5.10 Å². The van der Waals surface area contributed by atoms with Crippen LogP contribution in [0, 0.1) is 0 Å². The number of benzene rings is 1. The number of hydrogen-bond acceptors (Lipinski definition) is 5. The number of pyridine rings is 1. The summed E-state index contributed by atoms with van der Waals surface area (Å²) in [6.07, 6.45) is 5.05. The van der Waals surface area contributed by atoms with E-state index in [1.165, 1.54) is 0 Å². The van der Waals surface area contributed by atoms with Crippen molar-refractivity contribution < 1.29 is 9.63 Å². The lowest BCUT2D eigenvalue weighted by Crippen LogP contribution is -2.12. The van der Waals surface area contributed by atoms with Crippen molar-refractivity contribution in [2.75, 3.05) is 0 Å². The average molecular weight is 399 g/mol. The van der Waals surface area contributed by atoms with Crippen LogP contribution in [-0.2, 0) is 5.41 Å². The van der Waals surface area contributed by atoms with Gasteiger partial charge in [0.2, 0.25) is 5.88 Å². The summed E-state index contributed by atoms with van der Waals surface area (Å²) in [5, 5.41) is 23.6. The summed E-state index contributed by atoms with van der Waals surface area (Å²) in [5.74, 6) is 0.119. The fourth-order valence-corrected chi connectivity index (χ4v) is 3.78. The molecular formula is C23H21N5O2. The van der Waals surface area contributed by atoms with Crippen LogP contribution in [0.2, 0.25) is 0 Å². The summed E-state index contributed by atoms with van der Waals surface area (Å²) in [6.45, 7) is 6.33. The normalized spacial score (nSPS) is 12.0. The van der Waals surface area contributed by atoms with Gasteiger partial charge in [-0.25, -0.2) is 0 Å². The molecule has 0 bridgehead atoms. The van der Waals surface area contributed by atoms with Gasteiger partial charge in [-0.05, 0) is 24.3 Å². The van der Waals surface area contributed by atoms with E-state index in [1.807, 2.05) is 47.0 Å². The van der Waals surface area contributed by atoms with Crippen molar-refractivity contribution in [2.45, 2.75) is 26.2 Å². The molecule has 0 saturated heterocycles. The minimum atomic E-state index is -0.199. The van der Waals surface area contributed by atoms with Crippen LogP contribution in [0.15, 0.2) is 65.6 Å². The molecular weight excluding hydrogens is 378 g/mol. The van der Waals surface area contributed by atoms with Gasteiger partial charge in [0.05, 0.1) is 16.8 Å². The zero-order valence-corrected chi connectivity index (χ0v) is 16.9. The first kappa shape index (κ1) is 18.2. The Kier molecular flexibility index (Phi) is 3.99. The Hall–Kier alpha value is -3.87. The zero-order valence-electron chi connectivity index (χ0n) is 16.9. The summed E-state index contributed by atoms with van der Waals surface area (Å²) < 4.78 is 6.79. The van der Waals surface area contributed by atoms with Crippen LogP contribution >= 0.6 is 0 Å². The van der Waals surface area contributed by atoms with E-state index < -0.39 is 0 Å². The molecule has 0 unspecified atom stereocenters. The first-order chi connectivity index (χ1) is 14.4. The molecule has 0 saturated carbocycles. The molecule has 0 fully saturated rings. The maximum Gasteiger partial charge on any atom is 0.222 e. The van der Waals surface area contributed by atoms with Crippen molar-refractivity contribution in [3.63, 3.8) is 0 Å². The summed E-state index contributed by atoms with van der Waals surface area (Å²) >= 11 is 0. The van der Waals surface area contributed by atoms with Crippen molar-refractivity contribution in [3.05, 3.63) is 66.8 Å². The van der Waals surface area contributed by atoms with Gasteiger partial charge in [0.25, 0.3) is 0 Å². The number of nitrogens with zero attached hydrogens (tertiary/aromatic N) is 4. The van der Waals surface area contributed by atoms with E-state index in [9.17, 15) is 5.11 Å². The largest absolute Gasteiger partial charge is 0.493 e. The smallest absolute Gasteiger partial charge is 0.222 e. The lowest BCUT2D eigenvalue weighted by atomic mass is 9.89. The Labute approximate surface area is 173 Å². The second-order valence-electron chi connectivity index (χ2n) is 8.25. The number of hydrogen-bond donors (Lipinski definition) is 2. The second-order valence-corrected chi connectivity index (χ2v) is 8.25. The van der Waals surface area contributed by atoms with E-state index in [0.717, 1.165) is 39.3 Å². The van der Waals surface area contributed by atoms with Crippen LogP contribution < -0.4 is 0 Å². The van der Waals surface area contributed by atoms with Crippen LogP contribution in [0.1, 0.15) is 26.5 Å². The number of aromatic amines is 1. The summed E-state index contributed by atoms with van der Waals surface area (Å²) in [5.41, 5.74) is 5.67. The third-order valence-electron chi connectivity index (χ3n) is 5.19. The van der Waals surface area contributed by atoms with E-state index in [2.05, 4.69) is 41.1 Å². The predicted octanol–water partition coefficient (Wildman–Crippen LogP) is 5.07. The van der Waals surface area contributed by atoms with Crippen molar-refractivity contribution >= 4 is 10.9 Å². The molecule has 0 aliphatic carbocycles. The molecule has 30 heavy (non-hydrogen) atoms. The molecule has 0 atom stereocenters. The number of H-pyrrole nitrogens is 1. The molecule has 0 amide bonds. The highest BCUT2D eigenvalue weighted by molar-refractivity contribution is 6.01. The van der Waals surface area contributed by atoms with E-state index in [1.54, 1.807) is 18.7 Å². The molecule has 4 heterocycles. The number of rotatable bonds is 3. The van der Waals surface area contributed by atoms with Crippen LogP contribution in [-0.4, -0.2) is 30.0 Å². The number of nitrogens with one attached hydrogen (secondary N) is 1. The van der Waals surface area contributed by atoms with E-state index in [-0.39, 0.29) is 11.3 Å². The minimum Gasteiger partial charge on any atom is -0.493 e. The van der Waals surface area contributed by atoms with Gasteiger partial charge in [-0.15, -0.1) is 0 Å². The van der Waals surface area contributed by atoms with Gasteiger partial charge in [-0.3, -0.25) is 14.6 Å². The number of fused-ring (bicyclic) bond motifs is 1. The van der Waals surface area contributed by atoms with Crippen molar-refractivity contribution in [2.24, 2.45) is 0 Å². The Balaban J connectivity index is 1.78. The average Bonchev–Trinajstić information content (AvgIpc) is 3.46. The molecule has 7 nitrogen and oxygen atoms in total. The molecule has 0 aliphatic heterocycles. The zero-order chi connectivity index (χ0) is 20.9. The summed E-state index contributed by atoms with van der Waals surface area (Å²) in [6, 6.07) is 13.5. The van der Waals surface area contributed by atoms with Crippen molar-refractivity contribution in [1.82, 2.24) is 24.9 Å². The van der Waals surface area contributed by atoms with Gasteiger partial charge < -0.3 is 9.63 Å². The highest BCUT2D eigenvalue weighted by Gasteiger charge is 2.29. The molecule has 0 aliphatic rings. The highest BCUT2D eigenvalue weighted by Crippen LogP contribution is 2.43. The predicted molar refractivity (Wildman–Crippen MR) is 115 cm³/mol. The first-order valence-corrected chi connectivity index (χ1v) is 9.69. The van der Waals surface area contributed by atoms with E-state index >= 15 is 0 Å². The van der Waals surface area contributed by atoms with Gasteiger partial charge in [-0.1, -0.05) is 38.1 Å². The van der Waals surface area contributed by atoms with Crippen LogP contribution in [0.5, 0.6) is 5.88 Å². The third kappa shape index (κ3) is 2.78. The molecule has 7 heteroatoms. The lowest BCUT2D eigenvalue weighted by Gasteiger charge is -2.17. The van der Waals surface area contributed by atoms with E-state index in [4.69, 9.17) is 4.52 Å². The lowest BCUT2D eigenvalue weighted by molar-refractivity contribution is 0.422. The Bertz CT molecular complexity index is 1310. The first-order valence-electron chi connectivity index (χ1n) is 9.69. The van der Waals surface area contributed by atoms with Crippen LogP contribution in [0.3, 0.4) is 0 Å². The van der Waals surface area contributed by atoms with E-state index in [0.29, 0.717) is 5.52 Å². The maximum absolute atomic E-state index is 11.2.